The summed E-state index contributed by atoms with van der Waals surface area (Å²) in [7, 11) is 1.71. The van der Waals surface area contributed by atoms with Crippen LogP contribution in [0.2, 0.25) is 0 Å². The predicted molar refractivity (Wildman–Crippen MR) is 129 cm³/mol. The number of allylic oxidation sites excluding steroid dienone is 1. The maximum atomic E-state index is 8.77. The number of rotatable bonds is 8. The molecule has 2 unspecified atom stereocenters. The Morgan fingerprint density at radius 2 is 1.87 bits per heavy atom. The molecule has 0 saturated heterocycles. The molecule has 0 aromatic heterocycles. The predicted octanol–water partition coefficient (Wildman–Crippen LogP) is 6.51. The van der Waals surface area contributed by atoms with Gasteiger partial charge in [-0.05, 0) is 54.5 Å². The minimum Gasteiger partial charge on any atom is -0.497 e. The first-order chi connectivity index (χ1) is 14.7. The van der Waals surface area contributed by atoms with Gasteiger partial charge in [0.15, 0.2) is 0 Å². The normalized spacial score (nSPS) is 23.5. The number of hydrogen-bond donors (Lipinski definition) is 1. The van der Waals surface area contributed by atoms with Crippen LogP contribution in [0.25, 0.3) is 0 Å². The Kier molecular flexibility index (Phi) is 7.24. The maximum absolute atomic E-state index is 8.77. The van der Waals surface area contributed by atoms with E-state index in [2.05, 4.69) is 61.5 Å². The molecular weight excluding hydrogens is 410 g/mol. The van der Waals surface area contributed by atoms with Crippen LogP contribution in [0.3, 0.4) is 0 Å². The number of nitrogens with one attached hydrogen (secondary N) is 1. The summed E-state index contributed by atoms with van der Waals surface area (Å²) in [5.74, 6) is 2.60. The Balaban J connectivity index is 1.62. The zero-order chi connectivity index (χ0) is 20.9. The SMILES string of the molecule is CCOCC1SC(SCc2ccccc2)=C2C(=N)CCC(c3ccc(OC)cc3)[C@H]21. The van der Waals surface area contributed by atoms with Gasteiger partial charge in [0.2, 0.25) is 0 Å². The molecule has 1 N–H and O–H groups in total. The van der Waals surface area contributed by atoms with Gasteiger partial charge in [0.1, 0.15) is 5.75 Å². The van der Waals surface area contributed by atoms with Crippen LogP contribution in [0.4, 0.5) is 0 Å². The van der Waals surface area contributed by atoms with E-state index in [9.17, 15) is 0 Å². The van der Waals surface area contributed by atoms with E-state index >= 15 is 0 Å². The second kappa shape index (κ2) is 10.1. The molecule has 0 bridgehead atoms. The summed E-state index contributed by atoms with van der Waals surface area (Å²) in [5, 5.41) is 9.13. The molecule has 1 aliphatic carbocycles. The van der Waals surface area contributed by atoms with Gasteiger partial charge in [-0.15, -0.1) is 23.5 Å². The first-order valence-electron chi connectivity index (χ1n) is 10.6. The molecule has 0 spiro atoms. The van der Waals surface area contributed by atoms with Crippen molar-refractivity contribution in [2.75, 3.05) is 20.3 Å². The molecule has 4 rings (SSSR count). The van der Waals surface area contributed by atoms with Crippen molar-refractivity contribution in [3.63, 3.8) is 0 Å². The lowest BCUT2D eigenvalue weighted by atomic mass is 9.71. The number of benzene rings is 2. The minimum absolute atomic E-state index is 0.342. The lowest BCUT2D eigenvalue weighted by Crippen LogP contribution is -2.33. The standard InChI is InChI=1S/C25H29NO2S2/c1-3-28-15-22-23-20(18-9-11-19(27-2)12-10-18)13-14-21(26)24(23)25(30-22)29-16-17-7-5-4-6-8-17/h4-12,20,22-23,26H,3,13-16H2,1-2H3/t20?,22?,23-/m0/s1. The Hall–Kier alpha value is -1.69. The third-order valence-electron chi connectivity index (χ3n) is 5.92. The molecule has 2 aromatic carbocycles. The Bertz CT molecular complexity index is 895. The number of methoxy groups -OCH3 is 1. The highest BCUT2D eigenvalue weighted by Gasteiger charge is 2.45. The van der Waals surface area contributed by atoms with Crippen molar-refractivity contribution in [3.05, 3.63) is 75.5 Å². The third-order valence-corrected chi connectivity index (χ3v) is 8.69. The van der Waals surface area contributed by atoms with Crippen LogP contribution in [0.1, 0.15) is 36.8 Å². The molecule has 3 atom stereocenters. The van der Waals surface area contributed by atoms with Crippen molar-refractivity contribution in [1.29, 1.82) is 5.41 Å². The molecule has 30 heavy (non-hydrogen) atoms. The zero-order valence-electron chi connectivity index (χ0n) is 17.6. The fourth-order valence-electron chi connectivity index (χ4n) is 4.43. The topological polar surface area (TPSA) is 42.3 Å². The monoisotopic (exact) mass is 439 g/mol. The van der Waals surface area contributed by atoms with E-state index in [4.69, 9.17) is 14.9 Å². The number of ether oxygens (including phenoxy) is 2. The van der Waals surface area contributed by atoms with E-state index < -0.39 is 0 Å². The number of thioether (sulfide) groups is 2. The fourth-order valence-corrected chi connectivity index (χ4v) is 7.45. The molecule has 2 aromatic rings. The summed E-state index contributed by atoms with van der Waals surface area (Å²) in [6.07, 6.45) is 1.87. The first kappa shape index (κ1) is 21.5. The van der Waals surface area contributed by atoms with Gasteiger partial charge in [-0.1, -0.05) is 42.5 Å². The van der Waals surface area contributed by atoms with E-state index in [1.54, 1.807) is 7.11 Å². The minimum atomic E-state index is 0.342. The Morgan fingerprint density at radius 1 is 1.10 bits per heavy atom. The van der Waals surface area contributed by atoms with Gasteiger partial charge >= 0.3 is 0 Å². The van der Waals surface area contributed by atoms with Crippen LogP contribution in [0.5, 0.6) is 5.75 Å². The van der Waals surface area contributed by atoms with Crippen molar-refractivity contribution in [2.24, 2.45) is 5.92 Å². The van der Waals surface area contributed by atoms with Gasteiger partial charge in [0.05, 0.1) is 13.7 Å². The van der Waals surface area contributed by atoms with Crippen molar-refractivity contribution in [3.8, 4) is 5.75 Å². The van der Waals surface area contributed by atoms with Crippen LogP contribution >= 0.6 is 23.5 Å². The highest BCUT2D eigenvalue weighted by Crippen LogP contribution is 2.56. The summed E-state index contributed by atoms with van der Waals surface area (Å²) < 4.78 is 12.6. The highest BCUT2D eigenvalue weighted by molar-refractivity contribution is 8.22. The summed E-state index contributed by atoms with van der Waals surface area (Å²) in [6, 6.07) is 19.1. The van der Waals surface area contributed by atoms with Gasteiger partial charge in [-0.2, -0.15) is 0 Å². The quantitative estimate of drug-likeness (QED) is 0.509. The fraction of sp³-hybridized carbons (Fsp3) is 0.400. The molecule has 0 radical (unpaired) electrons. The molecule has 158 valence electrons. The molecule has 3 nitrogen and oxygen atoms in total. The number of hydrogen-bond acceptors (Lipinski definition) is 5. The molecule has 2 aliphatic rings. The summed E-state index contributed by atoms with van der Waals surface area (Å²) >= 11 is 3.83. The summed E-state index contributed by atoms with van der Waals surface area (Å²) in [4.78, 5) is 0. The van der Waals surface area contributed by atoms with Gasteiger partial charge in [-0.25, -0.2) is 0 Å². The lowest BCUT2D eigenvalue weighted by molar-refractivity contribution is 0.137. The average molecular weight is 440 g/mol. The molecule has 1 saturated carbocycles. The van der Waals surface area contributed by atoms with Crippen LogP contribution in [-0.4, -0.2) is 31.3 Å². The molecule has 1 heterocycles. The smallest absolute Gasteiger partial charge is 0.118 e. The van der Waals surface area contributed by atoms with Crippen molar-refractivity contribution in [1.82, 2.24) is 0 Å². The largest absolute Gasteiger partial charge is 0.497 e. The third kappa shape index (κ3) is 4.63. The second-order valence-electron chi connectivity index (χ2n) is 7.71. The maximum Gasteiger partial charge on any atom is 0.118 e. The van der Waals surface area contributed by atoms with E-state index in [0.717, 1.165) is 43.3 Å². The van der Waals surface area contributed by atoms with Crippen molar-refractivity contribution >= 4 is 29.2 Å². The van der Waals surface area contributed by atoms with Gasteiger partial charge in [0, 0.05) is 33.5 Å². The van der Waals surface area contributed by atoms with Crippen LogP contribution < -0.4 is 4.74 Å². The van der Waals surface area contributed by atoms with Crippen LogP contribution in [-0.2, 0) is 10.5 Å². The number of fused-ring (bicyclic) bond motifs is 1. The van der Waals surface area contributed by atoms with E-state index in [1.165, 1.54) is 20.9 Å². The first-order valence-corrected chi connectivity index (χ1v) is 12.4. The van der Waals surface area contributed by atoms with Gasteiger partial charge in [0.25, 0.3) is 0 Å². The van der Waals surface area contributed by atoms with E-state index in [0.29, 0.717) is 17.1 Å². The van der Waals surface area contributed by atoms with Gasteiger partial charge in [-0.3, -0.25) is 0 Å². The molecule has 1 aliphatic heterocycles. The van der Waals surface area contributed by atoms with E-state index in [-0.39, 0.29) is 0 Å². The highest BCUT2D eigenvalue weighted by atomic mass is 32.2. The van der Waals surface area contributed by atoms with Crippen LogP contribution in [0, 0.1) is 11.3 Å². The Morgan fingerprint density at radius 3 is 2.57 bits per heavy atom. The summed E-state index contributed by atoms with van der Waals surface area (Å²) in [5.41, 5.74) is 4.78. The lowest BCUT2D eigenvalue weighted by Gasteiger charge is -2.35. The molecule has 5 heteroatoms. The molecule has 0 amide bonds. The van der Waals surface area contributed by atoms with Gasteiger partial charge < -0.3 is 14.9 Å². The average Bonchev–Trinajstić information content (AvgIpc) is 3.17. The van der Waals surface area contributed by atoms with Crippen molar-refractivity contribution < 1.29 is 9.47 Å². The van der Waals surface area contributed by atoms with E-state index in [1.807, 2.05) is 23.5 Å². The zero-order valence-corrected chi connectivity index (χ0v) is 19.2. The van der Waals surface area contributed by atoms with Crippen molar-refractivity contribution in [2.45, 2.75) is 36.7 Å². The Labute approximate surface area is 188 Å². The molecular formula is C25H29NO2S2. The second-order valence-corrected chi connectivity index (χ2v) is 10.2. The summed E-state index contributed by atoms with van der Waals surface area (Å²) in [6.45, 7) is 3.53. The van der Waals surface area contributed by atoms with Crippen LogP contribution in [0.15, 0.2) is 64.4 Å². The molecule has 1 fully saturated rings.